The molecule has 5 N–H and O–H groups in total. The van der Waals surface area contributed by atoms with Crippen LogP contribution < -0.4 is 21.7 Å². The van der Waals surface area contributed by atoms with Crippen LogP contribution in [0, 0.1) is 0 Å². The summed E-state index contributed by atoms with van der Waals surface area (Å²) in [6, 6.07) is 0.212. The first-order chi connectivity index (χ1) is 10.1. The first kappa shape index (κ1) is 14.6. The lowest BCUT2D eigenvalue weighted by Gasteiger charge is -2.29. The molecule has 0 saturated carbocycles. The molecule has 3 rings (SSSR count). The third-order valence-corrected chi connectivity index (χ3v) is 5.17. The number of amides is 1. The van der Waals surface area contributed by atoms with Gasteiger partial charge in [-0.05, 0) is 12.8 Å². The Hall–Kier alpha value is -1.38. The van der Waals surface area contributed by atoms with E-state index in [2.05, 4.69) is 15.2 Å². The van der Waals surface area contributed by atoms with Crippen LogP contribution in [-0.2, 0) is 0 Å². The standard InChI is InChI=1S/C13H22N6OS/c14-9-1-5-18(6-2-9)12(20)10-11(15)17-13(21-10)19-7-3-16-4-8-19/h9,16H,1-8,14-15H2. The van der Waals surface area contributed by atoms with Crippen molar-refractivity contribution in [3.63, 3.8) is 0 Å². The molecule has 2 aliphatic heterocycles. The van der Waals surface area contributed by atoms with Crippen molar-refractivity contribution in [2.75, 3.05) is 49.9 Å². The summed E-state index contributed by atoms with van der Waals surface area (Å²) in [5.41, 5.74) is 11.9. The van der Waals surface area contributed by atoms with Crippen molar-refractivity contribution < 1.29 is 4.79 Å². The van der Waals surface area contributed by atoms with E-state index in [1.165, 1.54) is 11.3 Å². The van der Waals surface area contributed by atoms with Gasteiger partial charge in [0.2, 0.25) is 0 Å². The summed E-state index contributed by atoms with van der Waals surface area (Å²) in [7, 11) is 0. The second-order valence-electron chi connectivity index (χ2n) is 5.58. The van der Waals surface area contributed by atoms with E-state index in [1.54, 1.807) is 0 Å². The molecule has 1 aromatic rings. The zero-order chi connectivity index (χ0) is 14.8. The van der Waals surface area contributed by atoms with E-state index in [4.69, 9.17) is 11.5 Å². The Labute approximate surface area is 128 Å². The van der Waals surface area contributed by atoms with Crippen molar-refractivity contribution in [1.82, 2.24) is 15.2 Å². The zero-order valence-corrected chi connectivity index (χ0v) is 12.9. The normalized spacial score (nSPS) is 20.8. The van der Waals surface area contributed by atoms with Crippen LogP contribution in [0.5, 0.6) is 0 Å². The maximum absolute atomic E-state index is 12.6. The van der Waals surface area contributed by atoms with E-state index in [0.29, 0.717) is 23.8 Å². The minimum Gasteiger partial charge on any atom is -0.382 e. The van der Waals surface area contributed by atoms with E-state index in [9.17, 15) is 4.79 Å². The van der Waals surface area contributed by atoms with Gasteiger partial charge < -0.3 is 26.6 Å². The maximum atomic E-state index is 12.6. The van der Waals surface area contributed by atoms with Crippen molar-refractivity contribution in [2.45, 2.75) is 18.9 Å². The molecule has 1 amide bonds. The lowest BCUT2D eigenvalue weighted by atomic mass is 10.1. The van der Waals surface area contributed by atoms with Crippen LogP contribution in [0.3, 0.4) is 0 Å². The van der Waals surface area contributed by atoms with Crippen LogP contribution in [0.4, 0.5) is 10.9 Å². The van der Waals surface area contributed by atoms with Gasteiger partial charge in [-0.1, -0.05) is 11.3 Å². The number of rotatable bonds is 2. The lowest BCUT2D eigenvalue weighted by molar-refractivity contribution is 0.0720. The third-order valence-electron chi connectivity index (χ3n) is 4.05. The van der Waals surface area contributed by atoms with Crippen LogP contribution >= 0.6 is 11.3 Å². The van der Waals surface area contributed by atoms with Crippen molar-refractivity contribution in [3.8, 4) is 0 Å². The number of hydrogen-bond acceptors (Lipinski definition) is 7. The van der Waals surface area contributed by atoms with Crippen molar-refractivity contribution in [3.05, 3.63) is 4.88 Å². The summed E-state index contributed by atoms with van der Waals surface area (Å²) >= 11 is 1.41. The zero-order valence-electron chi connectivity index (χ0n) is 12.0. The number of aromatic nitrogens is 1. The number of hydrogen-bond donors (Lipinski definition) is 3. The van der Waals surface area contributed by atoms with Crippen LogP contribution in [0.2, 0.25) is 0 Å². The molecule has 2 saturated heterocycles. The monoisotopic (exact) mass is 310 g/mol. The molecule has 2 fully saturated rings. The summed E-state index contributed by atoms with van der Waals surface area (Å²) in [6.07, 6.45) is 1.71. The van der Waals surface area contributed by atoms with Crippen molar-refractivity contribution >= 4 is 28.2 Å². The second kappa shape index (κ2) is 6.17. The fourth-order valence-corrected chi connectivity index (χ4v) is 3.72. The number of nitrogens with two attached hydrogens (primary N) is 2. The third kappa shape index (κ3) is 3.12. The number of likely N-dealkylation sites (tertiary alicyclic amines) is 1. The van der Waals surface area contributed by atoms with Gasteiger partial charge in [0.1, 0.15) is 10.7 Å². The van der Waals surface area contributed by atoms with Gasteiger partial charge in [0.05, 0.1) is 0 Å². The van der Waals surface area contributed by atoms with E-state index in [1.807, 2.05) is 4.90 Å². The Kier molecular flexibility index (Phi) is 4.27. The van der Waals surface area contributed by atoms with Crippen LogP contribution in [0.25, 0.3) is 0 Å². The number of piperazine rings is 1. The Morgan fingerprint density at radius 3 is 2.57 bits per heavy atom. The summed E-state index contributed by atoms with van der Waals surface area (Å²) in [5.74, 6) is 0.353. The van der Waals surface area contributed by atoms with Gasteiger partial charge in [-0.15, -0.1) is 0 Å². The van der Waals surface area contributed by atoms with Gasteiger partial charge in [-0.25, -0.2) is 4.98 Å². The Bertz CT molecular complexity index is 505. The van der Waals surface area contributed by atoms with Gasteiger partial charge in [0.25, 0.3) is 5.91 Å². The summed E-state index contributed by atoms with van der Waals surface area (Å²) in [5, 5.41) is 4.15. The Morgan fingerprint density at radius 1 is 1.24 bits per heavy atom. The number of carbonyl (C=O) groups is 1. The molecule has 0 atom stereocenters. The molecule has 0 bridgehead atoms. The number of thiazole rings is 1. The van der Waals surface area contributed by atoms with E-state index >= 15 is 0 Å². The van der Waals surface area contributed by atoms with Crippen LogP contribution in [0.15, 0.2) is 0 Å². The van der Waals surface area contributed by atoms with Gasteiger partial charge in [0.15, 0.2) is 5.13 Å². The van der Waals surface area contributed by atoms with Crippen LogP contribution in [-0.4, -0.2) is 61.1 Å². The van der Waals surface area contributed by atoms with E-state index in [0.717, 1.165) is 44.2 Å². The molecule has 8 heteroatoms. The van der Waals surface area contributed by atoms with E-state index < -0.39 is 0 Å². The summed E-state index contributed by atoms with van der Waals surface area (Å²) < 4.78 is 0. The minimum atomic E-state index is -0.00159. The van der Waals surface area contributed by atoms with Gasteiger partial charge in [-0.3, -0.25) is 4.79 Å². The van der Waals surface area contributed by atoms with Crippen molar-refractivity contribution in [1.29, 1.82) is 0 Å². The van der Waals surface area contributed by atoms with Gasteiger partial charge in [0, 0.05) is 45.3 Å². The molecule has 0 spiro atoms. The average molecular weight is 310 g/mol. The highest BCUT2D eigenvalue weighted by Crippen LogP contribution is 2.30. The predicted molar refractivity (Wildman–Crippen MR) is 84.7 cm³/mol. The molecule has 3 heterocycles. The fraction of sp³-hybridized carbons (Fsp3) is 0.692. The first-order valence-electron chi connectivity index (χ1n) is 7.42. The molecular weight excluding hydrogens is 288 g/mol. The minimum absolute atomic E-state index is 0.00159. The molecule has 0 radical (unpaired) electrons. The number of anilines is 2. The number of nitrogens with one attached hydrogen (secondary N) is 1. The largest absolute Gasteiger partial charge is 0.382 e. The SMILES string of the molecule is Nc1nc(N2CCNCC2)sc1C(=O)N1CCC(N)CC1. The fourth-order valence-electron chi connectivity index (χ4n) is 2.71. The maximum Gasteiger partial charge on any atom is 0.267 e. The molecule has 0 aromatic carbocycles. The molecule has 2 aliphatic rings. The highest BCUT2D eigenvalue weighted by molar-refractivity contribution is 7.18. The molecular formula is C13H22N6OS. The van der Waals surface area contributed by atoms with Gasteiger partial charge >= 0.3 is 0 Å². The molecule has 21 heavy (non-hydrogen) atoms. The molecule has 1 aromatic heterocycles. The predicted octanol–water partition coefficient (Wildman–Crippen LogP) is -0.302. The number of piperidine rings is 1. The lowest BCUT2D eigenvalue weighted by Crippen LogP contribution is -2.43. The average Bonchev–Trinajstić information content (AvgIpc) is 2.90. The van der Waals surface area contributed by atoms with Gasteiger partial charge in [-0.2, -0.15) is 0 Å². The molecule has 116 valence electrons. The Morgan fingerprint density at radius 2 is 1.90 bits per heavy atom. The number of carbonyl (C=O) groups excluding carboxylic acids is 1. The molecule has 0 unspecified atom stereocenters. The molecule has 7 nitrogen and oxygen atoms in total. The first-order valence-corrected chi connectivity index (χ1v) is 8.23. The number of nitrogens with zero attached hydrogens (tertiary/aromatic N) is 3. The smallest absolute Gasteiger partial charge is 0.267 e. The van der Waals surface area contributed by atoms with Crippen LogP contribution in [0.1, 0.15) is 22.5 Å². The quantitative estimate of drug-likeness (QED) is 0.693. The van der Waals surface area contributed by atoms with E-state index in [-0.39, 0.29) is 11.9 Å². The topological polar surface area (TPSA) is 101 Å². The highest BCUT2D eigenvalue weighted by Gasteiger charge is 2.27. The Balaban J connectivity index is 1.72. The summed E-state index contributed by atoms with van der Waals surface area (Å²) in [6.45, 7) is 5.10. The molecule has 0 aliphatic carbocycles. The van der Waals surface area contributed by atoms with Crippen molar-refractivity contribution in [2.24, 2.45) is 5.73 Å². The summed E-state index contributed by atoms with van der Waals surface area (Å²) in [4.78, 5) is 21.5. The number of nitrogen functional groups attached to an aromatic ring is 1. The highest BCUT2D eigenvalue weighted by atomic mass is 32.1. The second-order valence-corrected chi connectivity index (χ2v) is 6.56.